The number of amides is 1. The second-order valence-corrected chi connectivity index (χ2v) is 7.15. The number of thiazole rings is 1. The van der Waals surface area contributed by atoms with Crippen molar-refractivity contribution in [2.45, 2.75) is 27.5 Å². The van der Waals surface area contributed by atoms with E-state index in [1.54, 1.807) is 29.1 Å². The number of rotatable bonds is 5. The Bertz CT molecular complexity index is 900. The van der Waals surface area contributed by atoms with Crippen LogP contribution in [0.4, 0.5) is 5.13 Å². The lowest BCUT2D eigenvalue weighted by Crippen LogP contribution is -2.14. The molecule has 0 unspecified atom stereocenters. The number of anilines is 1. The van der Waals surface area contributed by atoms with Crippen molar-refractivity contribution in [3.8, 4) is 5.75 Å². The van der Waals surface area contributed by atoms with Crippen molar-refractivity contribution in [2.75, 3.05) is 5.32 Å². The predicted octanol–water partition coefficient (Wildman–Crippen LogP) is 4.21. The molecule has 0 radical (unpaired) electrons. The van der Waals surface area contributed by atoms with Crippen molar-refractivity contribution in [3.63, 3.8) is 0 Å². The van der Waals surface area contributed by atoms with Gasteiger partial charge in [-0.2, -0.15) is 5.10 Å². The Labute approximate surface area is 154 Å². The van der Waals surface area contributed by atoms with Crippen LogP contribution in [0.25, 0.3) is 0 Å². The molecule has 6 nitrogen and oxygen atoms in total. The summed E-state index contributed by atoms with van der Waals surface area (Å²) >= 11 is 7.43. The van der Waals surface area contributed by atoms with Crippen LogP contribution in [0.1, 0.15) is 26.6 Å². The van der Waals surface area contributed by atoms with Crippen LogP contribution in [0.5, 0.6) is 5.75 Å². The van der Waals surface area contributed by atoms with Crippen LogP contribution in [0, 0.1) is 20.8 Å². The Morgan fingerprint density at radius 1 is 1.32 bits per heavy atom. The molecule has 2 heterocycles. The zero-order valence-electron chi connectivity index (χ0n) is 14.0. The molecule has 0 saturated heterocycles. The number of aromatic nitrogens is 3. The summed E-state index contributed by atoms with van der Waals surface area (Å²) in [6.45, 7) is 5.98. The van der Waals surface area contributed by atoms with Gasteiger partial charge in [0.15, 0.2) is 17.6 Å². The van der Waals surface area contributed by atoms with Crippen molar-refractivity contribution in [1.82, 2.24) is 14.8 Å². The molecule has 0 aliphatic heterocycles. The van der Waals surface area contributed by atoms with Crippen LogP contribution >= 0.6 is 22.9 Å². The molecule has 3 rings (SSSR count). The molecule has 0 aliphatic carbocycles. The van der Waals surface area contributed by atoms with Crippen molar-refractivity contribution in [3.05, 3.63) is 57.3 Å². The summed E-state index contributed by atoms with van der Waals surface area (Å²) in [6.07, 6.45) is 1.69. The van der Waals surface area contributed by atoms with E-state index in [1.165, 1.54) is 11.3 Å². The highest BCUT2D eigenvalue weighted by atomic mass is 35.5. The molecule has 0 aliphatic rings. The van der Waals surface area contributed by atoms with Gasteiger partial charge in [0.2, 0.25) is 0 Å². The van der Waals surface area contributed by atoms with E-state index in [2.05, 4.69) is 15.4 Å². The van der Waals surface area contributed by atoms with Gasteiger partial charge >= 0.3 is 0 Å². The number of hydrogen-bond acceptors (Lipinski definition) is 5. The molecular weight excluding hydrogens is 360 g/mol. The van der Waals surface area contributed by atoms with Crippen LogP contribution in [-0.2, 0) is 6.73 Å². The van der Waals surface area contributed by atoms with Gasteiger partial charge in [-0.15, -0.1) is 11.3 Å². The fourth-order valence-electron chi connectivity index (χ4n) is 2.09. The Hall–Kier alpha value is -2.38. The van der Waals surface area contributed by atoms with E-state index >= 15 is 0 Å². The number of halogens is 1. The monoisotopic (exact) mass is 376 g/mol. The number of carbonyl (C=O) groups excluding carboxylic acids is 1. The minimum atomic E-state index is -0.296. The summed E-state index contributed by atoms with van der Waals surface area (Å²) in [7, 11) is 0. The minimum Gasteiger partial charge on any atom is -0.471 e. The van der Waals surface area contributed by atoms with E-state index in [1.807, 2.05) is 26.8 Å². The molecule has 2 aromatic heterocycles. The molecule has 130 valence electrons. The summed E-state index contributed by atoms with van der Waals surface area (Å²) in [5, 5.41) is 8.24. The third-order valence-corrected chi connectivity index (χ3v) is 5.03. The number of nitrogens with one attached hydrogen (secondary N) is 1. The Balaban J connectivity index is 1.61. The first-order valence-electron chi connectivity index (χ1n) is 7.60. The van der Waals surface area contributed by atoms with Crippen LogP contribution in [-0.4, -0.2) is 20.7 Å². The van der Waals surface area contributed by atoms with Gasteiger partial charge in [-0.1, -0.05) is 11.6 Å². The molecule has 3 aromatic rings. The van der Waals surface area contributed by atoms with Gasteiger partial charge in [0.05, 0.1) is 5.69 Å². The minimum absolute atomic E-state index is 0.198. The van der Waals surface area contributed by atoms with Gasteiger partial charge in [0, 0.05) is 16.1 Å². The molecule has 25 heavy (non-hydrogen) atoms. The molecule has 0 spiro atoms. The number of carbonyl (C=O) groups is 1. The fourth-order valence-corrected chi connectivity index (χ4v) is 3.02. The lowest BCUT2D eigenvalue weighted by atomic mass is 10.2. The summed E-state index contributed by atoms with van der Waals surface area (Å²) in [5.41, 5.74) is 2.16. The Kier molecular flexibility index (Phi) is 5.06. The smallest absolute Gasteiger partial charge is 0.277 e. The van der Waals surface area contributed by atoms with Gasteiger partial charge in [0.25, 0.3) is 5.91 Å². The first kappa shape index (κ1) is 17.4. The number of nitrogens with zero attached hydrogens (tertiary/aromatic N) is 3. The first-order chi connectivity index (χ1) is 11.9. The number of aryl methyl sites for hydroxylation is 3. The Morgan fingerprint density at radius 3 is 2.80 bits per heavy atom. The largest absolute Gasteiger partial charge is 0.471 e. The number of ether oxygens (including phenoxy) is 1. The maximum atomic E-state index is 12.2. The zero-order valence-corrected chi connectivity index (χ0v) is 15.6. The number of hydrogen-bond donors (Lipinski definition) is 1. The average molecular weight is 377 g/mol. The summed E-state index contributed by atoms with van der Waals surface area (Å²) in [6, 6.07) is 7.07. The van der Waals surface area contributed by atoms with Crippen LogP contribution in [0.15, 0.2) is 30.5 Å². The maximum absolute atomic E-state index is 12.2. The topological polar surface area (TPSA) is 69.0 Å². The van der Waals surface area contributed by atoms with Gasteiger partial charge in [-0.25, -0.2) is 9.67 Å². The quantitative estimate of drug-likeness (QED) is 0.724. The molecule has 1 N–H and O–H groups in total. The highest BCUT2D eigenvalue weighted by Crippen LogP contribution is 2.22. The second-order valence-electron chi connectivity index (χ2n) is 5.54. The molecule has 1 aromatic carbocycles. The zero-order chi connectivity index (χ0) is 18.0. The highest BCUT2D eigenvalue weighted by Gasteiger charge is 2.13. The summed E-state index contributed by atoms with van der Waals surface area (Å²) in [4.78, 5) is 17.6. The van der Waals surface area contributed by atoms with E-state index in [9.17, 15) is 4.79 Å². The first-order valence-corrected chi connectivity index (χ1v) is 8.79. The highest BCUT2D eigenvalue weighted by molar-refractivity contribution is 7.15. The predicted molar refractivity (Wildman–Crippen MR) is 98.6 cm³/mol. The molecule has 0 bridgehead atoms. The van der Waals surface area contributed by atoms with Gasteiger partial charge in [0.1, 0.15) is 5.75 Å². The normalized spacial score (nSPS) is 10.7. The van der Waals surface area contributed by atoms with Crippen molar-refractivity contribution in [1.29, 1.82) is 0 Å². The molecule has 1 amide bonds. The second kappa shape index (κ2) is 7.25. The van der Waals surface area contributed by atoms with E-state index in [0.717, 1.165) is 16.1 Å². The maximum Gasteiger partial charge on any atom is 0.277 e. The molecule has 8 heteroatoms. The van der Waals surface area contributed by atoms with Gasteiger partial charge < -0.3 is 4.74 Å². The Morgan fingerprint density at radius 2 is 2.12 bits per heavy atom. The number of benzene rings is 1. The third kappa shape index (κ3) is 4.18. The van der Waals surface area contributed by atoms with Crippen LogP contribution < -0.4 is 10.1 Å². The lowest BCUT2D eigenvalue weighted by Gasteiger charge is -2.07. The van der Waals surface area contributed by atoms with E-state index in [0.29, 0.717) is 21.6 Å². The standard InChI is InChI=1S/C17H17ClN4O2S/c1-10-8-13(4-5-14(10)18)24-9-22-7-6-15(21-22)16(23)20-17-19-11(2)12(3)25-17/h4-8H,9H2,1-3H3,(H,19,20,23). The van der Waals surface area contributed by atoms with Crippen LogP contribution in [0.3, 0.4) is 0 Å². The van der Waals surface area contributed by atoms with E-state index < -0.39 is 0 Å². The molecule has 0 saturated carbocycles. The van der Waals surface area contributed by atoms with Gasteiger partial charge in [-0.3, -0.25) is 10.1 Å². The van der Waals surface area contributed by atoms with Gasteiger partial charge in [-0.05, 0) is 50.6 Å². The average Bonchev–Trinajstić information content (AvgIpc) is 3.16. The summed E-state index contributed by atoms with van der Waals surface area (Å²) < 4.78 is 7.21. The van der Waals surface area contributed by atoms with Crippen molar-refractivity contribution >= 4 is 34.0 Å². The molecule has 0 fully saturated rings. The van der Waals surface area contributed by atoms with Crippen molar-refractivity contribution in [2.24, 2.45) is 0 Å². The molecule has 0 atom stereocenters. The molecular formula is C17H17ClN4O2S. The third-order valence-electron chi connectivity index (χ3n) is 3.62. The van der Waals surface area contributed by atoms with Crippen molar-refractivity contribution < 1.29 is 9.53 Å². The fraction of sp³-hybridized carbons (Fsp3) is 0.235. The van der Waals surface area contributed by atoms with E-state index in [-0.39, 0.29) is 12.6 Å². The SMILES string of the molecule is Cc1cc(OCn2ccc(C(=O)Nc3nc(C)c(C)s3)n2)ccc1Cl. The summed E-state index contributed by atoms with van der Waals surface area (Å²) in [5.74, 6) is 0.395. The lowest BCUT2D eigenvalue weighted by molar-refractivity contribution is 0.102. The van der Waals surface area contributed by atoms with Crippen LogP contribution in [0.2, 0.25) is 5.02 Å². The van der Waals surface area contributed by atoms with E-state index in [4.69, 9.17) is 16.3 Å².